The molecule has 0 spiro atoms. The Morgan fingerprint density at radius 3 is 2.07 bits per heavy atom. The van der Waals surface area contributed by atoms with Crippen molar-refractivity contribution in [2.45, 2.75) is 13.1 Å². The van der Waals surface area contributed by atoms with Crippen molar-refractivity contribution >= 4 is 15.9 Å². The van der Waals surface area contributed by atoms with Crippen molar-refractivity contribution in [3.63, 3.8) is 0 Å². The predicted octanol–water partition coefficient (Wildman–Crippen LogP) is 2.04. The zero-order chi connectivity index (χ0) is 21.7. The third-order valence-electron chi connectivity index (χ3n) is 5.33. The first kappa shape index (κ1) is 22.3. The van der Waals surface area contributed by atoms with Crippen molar-refractivity contribution < 1.29 is 17.9 Å². The minimum Gasteiger partial charge on any atom is -0.497 e. The monoisotopic (exact) mass is 431 g/mol. The summed E-state index contributed by atoms with van der Waals surface area (Å²) in [5, 5.41) is 0. The molecule has 0 atom stereocenters. The average molecular weight is 432 g/mol. The van der Waals surface area contributed by atoms with Gasteiger partial charge in [0.2, 0.25) is 10.0 Å². The van der Waals surface area contributed by atoms with Gasteiger partial charge in [0.25, 0.3) is 5.91 Å². The highest BCUT2D eigenvalue weighted by molar-refractivity contribution is 7.88. The molecule has 1 saturated heterocycles. The second kappa shape index (κ2) is 9.59. The van der Waals surface area contributed by atoms with Crippen molar-refractivity contribution in [2.75, 3.05) is 46.6 Å². The molecule has 2 aromatic rings. The first-order chi connectivity index (χ1) is 14.3. The SMILES string of the molecule is COc1ccc(CN(C)C(=O)c2ccc(CN3CCN(S(C)(=O)=O)CC3)cc2)cc1. The van der Waals surface area contributed by atoms with Crippen LogP contribution in [0.5, 0.6) is 5.75 Å². The van der Waals surface area contributed by atoms with Crippen LogP contribution >= 0.6 is 0 Å². The normalized spacial score (nSPS) is 15.7. The van der Waals surface area contributed by atoms with E-state index in [0.717, 1.165) is 23.4 Å². The molecule has 1 fully saturated rings. The van der Waals surface area contributed by atoms with Gasteiger partial charge in [0.15, 0.2) is 0 Å². The summed E-state index contributed by atoms with van der Waals surface area (Å²) < 4.78 is 29.9. The van der Waals surface area contributed by atoms with E-state index in [-0.39, 0.29) is 5.91 Å². The number of nitrogens with zero attached hydrogens (tertiary/aromatic N) is 3. The van der Waals surface area contributed by atoms with E-state index in [9.17, 15) is 13.2 Å². The molecule has 1 aliphatic rings. The highest BCUT2D eigenvalue weighted by atomic mass is 32.2. The molecule has 0 bridgehead atoms. The highest BCUT2D eigenvalue weighted by Crippen LogP contribution is 2.15. The standard InChI is InChI=1S/C22H29N3O4S/c1-23(16-18-6-10-21(29-2)11-7-18)22(26)20-8-4-19(5-9-20)17-24-12-14-25(15-13-24)30(3,27)28/h4-11H,12-17H2,1-3H3. The Hall–Kier alpha value is -2.42. The lowest BCUT2D eigenvalue weighted by Gasteiger charge is -2.33. The molecule has 0 aliphatic carbocycles. The lowest BCUT2D eigenvalue weighted by molar-refractivity contribution is 0.0785. The molecule has 3 rings (SSSR count). The van der Waals surface area contributed by atoms with Crippen LogP contribution in [0.4, 0.5) is 0 Å². The van der Waals surface area contributed by atoms with Crippen LogP contribution < -0.4 is 4.74 Å². The van der Waals surface area contributed by atoms with Crippen LogP contribution in [0.2, 0.25) is 0 Å². The zero-order valence-electron chi connectivity index (χ0n) is 17.7. The maximum Gasteiger partial charge on any atom is 0.253 e. The van der Waals surface area contributed by atoms with Crippen LogP contribution in [-0.4, -0.2) is 75.0 Å². The Kier molecular flexibility index (Phi) is 7.12. The third-order valence-corrected chi connectivity index (χ3v) is 6.64. The topological polar surface area (TPSA) is 70.2 Å². The van der Waals surface area contributed by atoms with Crippen LogP contribution in [0.15, 0.2) is 48.5 Å². The number of methoxy groups -OCH3 is 1. The molecule has 0 radical (unpaired) electrons. The first-order valence-electron chi connectivity index (χ1n) is 9.91. The molecule has 162 valence electrons. The minimum absolute atomic E-state index is 0.0286. The maximum absolute atomic E-state index is 12.7. The van der Waals surface area contributed by atoms with Crippen LogP contribution in [0.25, 0.3) is 0 Å². The molecular weight excluding hydrogens is 402 g/mol. The summed E-state index contributed by atoms with van der Waals surface area (Å²) in [4.78, 5) is 16.7. The largest absolute Gasteiger partial charge is 0.497 e. The fourth-order valence-electron chi connectivity index (χ4n) is 3.53. The van der Waals surface area contributed by atoms with Crippen LogP contribution in [0.1, 0.15) is 21.5 Å². The number of sulfonamides is 1. The van der Waals surface area contributed by atoms with E-state index in [1.165, 1.54) is 10.6 Å². The highest BCUT2D eigenvalue weighted by Gasteiger charge is 2.23. The number of carbonyl (C=O) groups excluding carboxylic acids is 1. The number of hydrogen-bond acceptors (Lipinski definition) is 5. The van der Waals surface area contributed by atoms with Gasteiger partial charge in [-0.25, -0.2) is 8.42 Å². The van der Waals surface area contributed by atoms with Gasteiger partial charge >= 0.3 is 0 Å². The number of rotatable bonds is 7. The summed E-state index contributed by atoms with van der Waals surface area (Å²) in [6.45, 7) is 3.72. The second-order valence-corrected chi connectivity index (χ2v) is 9.63. The third kappa shape index (κ3) is 5.81. The molecule has 0 saturated carbocycles. The van der Waals surface area contributed by atoms with E-state index in [1.54, 1.807) is 19.1 Å². The minimum atomic E-state index is -3.11. The first-order valence-corrected chi connectivity index (χ1v) is 11.8. The summed E-state index contributed by atoms with van der Waals surface area (Å²) in [5.41, 5.74) is 2.80. The number of hydrogen-bond donors (Lipinski definition) is 0. The molecular formula is C22H29N3O4S. The van der Waals surface area contributed by atoms with Gasteiger partial charge in [-0.15, -0.1) is 0 Å². The van der Waals surface area contributed by atoms with Gasteiger partial charge in [-0.3, -0.25) is 9.69 Å². The molecule has 30 heavy (non-hydrogen) atoms. The molecule has 1 heterocycles. The van der Waals surface area contributed by atoms with Crippen LogP contribution in [-0.2, 0) is 23.1 Å². The molecule has 1 amide bonds. The van der Waals surface area contributed by atoms with Crippen molar-refractivity contribution in [1.29, 1.82) is 0 Å². The maximum atomic E-state index is 12.7. The van der Waals surface area contributed by atoms with Gasteiger partial charge < -0.3 is 9.64 Å². The average Bonchev–Trinajstić information content (AvgIpc) is 2.74. The van der Waals surface area contributed by atoms with Crippen molar-refractivity contribution in [3.05, 3.63) is 65.2 Å². The fourth-order valence-corrected chi connectivity index (χ4v) is 4.35. The molecule has 0 N–H and O–H groups in total. The molecule has 0 aromatic heterocycles. The fraction of sp³-hybridized carbons (Fsp3) is 0.409. The van der Waals surface area contributed by atoms with Crippen molar-refractivity contribution in [2.24, 2.45) is 0 Å². The number of ether oxygens (including phenoxy) is 1. The van der Waals surface area contributed by atoms with Crippen molar-refractivity contribution in [1.82, 2.24) is 14.1 Å². The second-order valence-electron chi connectivity index (χ2n) is 7.64. The Morgan fingerprint density at radius 1 is 0.967 bits per heavy atom. The Bertz CT molecular complexity index is 951. The van der Waals surface area contributed by atoms with E-state index in [1.807, 2.05) is 48.5 Å². The Labute approximate surface area is 178 Å². The summed E-state index contributed by atoms with van der Waals surface area (Å²) in [6.07, 6.45) is 1.25. The molecule has 7 nitrogen and oxygen atoms in total. The lowest BCUT2D eigenvalue weighted by atomic mass is 10.1. The number of amides is 1. The molecule has 0 unspecified atom stereocenters. The molecule has 2 aromatic carbocycles. The predicted molar refractivity (Wildman–Crippen MR) is 117 cm³/mol. The smallest absolute Gasteiger partial charge is 0.253 e. The van der Waals surface area contributed by atoms with Gasteiger partial charge in [0, 0.05) is 51.9 Å². The van der Waals surface area contributed by atoms with Gasteiger partial charge in [-0.2, -0.15) is 4.31 Å². The van der Waals surface area contributed by atoms with Gasteiger partial charge in [0.05, 0.1) is 13.4 Å². The zero-order valence-corrected chi connectivity index (χ0v) is 18.6. The number of piperazine rings is 1. The number of carbonyl (C=O) groups is 1. The van der Waals surface area contributed by atoms with E-state index in [4.69, 9.17) is 4.74 Å². The Balaban J connectivity index is 1.53. The van der Waals surface area contributed by atoms with E-state index < -0.39 is 10.0 Å². The van der Waals surface area contributed by atoms with E-state index >= 15 is 0 Å². The summed E-state index contributed by atoms with van der Waals surface area (Å²) in [7, 11) is 0.309. The lowest BCUT2D eigenvalue weighted by Crippen LogP contribution is -2.47. The summed E-state index contributed by atoms with van der Waals surface area (Å²) in [5.74, 6) is 0.764. The van der Waals surface area contributed by atoms with Crippen molar-refractivity contribution in [3.8, 4) is 5.75 Å². The van der Waals surface area contributed by atoms with E-state index in [0.29, 0.717) is 38.3 Å². The van der Waals surface area contributed by atoms with Gasteiger partial charge in [-0.05, 0) is 35.4 Å². The Morgan fingerprint density at radius 2 is 1.53 bits per heavy atom. The van der Waals surface area contributed by atoms with Gasteiger partial charge in [0.1, 0.15) is 5.75 Å². The van der Waals surface area contributed by atoms with Crippen LogP contribution in [0, 0.1) is 0 Å². The van der Waals surface area contributed by atoms with Crippen LogP contribution in [0.3, 0.4) is 0 Å². The quantitative estimate of drug-likeness (QED) is 0.671. The summed E-state index contributed by atoms with van der Waals surface area (Å²) in [6, 6.07) is 15.3. The molecule has 8 heteroatoms. The molecule has 1 aliphatic heterocycles. The number of benzene rings is 2. The summed E-state index contributed by atoms with van der Waals surface area (Å²) >= 11 is 0. The van der Waals surface area contributed by atoms with E-state index in [2.05, 4.69) is 4.90 Å². The van der Waals surface area contributed by atoms with Gasteiger partial charge in [-0.1, -0.05) is 24.3 Å².